The van der Waals surface area contributed by atoms with Gasteiger partial charge in [0.05, 0.1) is 12.2 Å². The van der Waals surface area contributed by atoms with Crippen molar-refractivity contribution in [3.8, 4) is 0 Å². The second kappa shape index (κ2) is 5.73. The lowest BCUT2D eigenvalue weighted by atomic mass is 10.3. The molecule has 4 nitrogen and oxygen atoms in total. The molecule has 1 N–H and O–H groups in total. The molecule has 0 amide bonds. The Labute approximate surface area is 65.4 Å². The van der Waals surface area contributed by atoms with Crippen molar-refractivity contribution in [2.45, 2.75) is 26.4 Å². The highest BCUT2D eigenvalue weighted by Gasteiger charge is 2.02. The summed E-state index contributed by atoms with van der Waals surface area (Å²) in [6.07, 6.45) is 2.52. The molecule has 64 valence electrons. The van der Waals surface area contributed by atoms with Gasteiger partial charge in [-0.3, -0.25) is 0 Å². The van der Waals surface area contributed by atoms with Gasteiger partial charge in [-0.15, -0.1) is 0 Å². The first-order valence-corrected chi connectivity index (χ1v) is 3.38. The Bertz CT molecular complexity index is 141. The standard InChI is InChI=1S/C7H12O4/c1-3-6(2)11-7(8)4-5-10-9/h4-6,9H,3H2,1-2H3/b5-4+. The number of hydrogen-bond donors (Lipinski definition) is 1. The molecule has 0 spiro atoms. The smallest absolute Gasteiger partial charge is 0.334 e. The SMILES string of the molecule is CCC(C)OC(=O)/C=C/OO. The average molecular weight is 160 g/mol. The van der Waals surface area contributed by atoms with Crippen LogP contribution in [0, 0.1) is 0 Å². The maximum Gasteiger partial charge on any atom is 0.334 e. The Morgan fingerprint density at radius 1 is 1.73 bits per heavy atom. The molecular weight excluding hydrogens is 148 g/mol. The summed E-state index contributed by atoms with van der Waals surface area (Å²) >= 11 is 0. The van der Waals surface area contributed by atoms with Gasteiger partial charge in [0.15, 0.2) is 0 Å². The van der Waals surface area contributed by atoms with Gasteiger partial charge < -0.3 is 9.62 Å². The van der Waals surface area contributed by atoms with Crippen LogP contribution in [0.1, 0.15) is 20.3 Å². The molecule has 0 aliphatic rings. The number of carbonyl (C=O) groups is 1. The van der Waals surface area contributed by atoms with Crippen LogP contribution in [0.25, 0.3) is 0 Å². The van der Waals surface area contributed by atoms with Crippen molar-refractivity contribution in [1.29, 1.82) is 0 Å². The Morgan fingerprint density at radius 3 is 2.82 bits per heavy atom. The Morgan fingerprint density at radius 2 is 2.36 bits per heavy atom. The van der Waals surface area contributed by atoms with Crippen LogP contribution < -0.4 is 0 Å². The van der Waals surface area contributed by atoms with E-state index < -0.39 is 5.97 Å². The lowest BCUT2D eigenvalue weighted by Crippen LogP contribution is -2.11. The molecule has 4 heteroatoms. The molecule has 0 rings (SSSR count). The fourth-order valence-electron chi connectivity index (χ4n) is 0.407. The molecule has 0 saturated carbocycles. The minimum atomic E-state index is -0.520. The molecule has 0 aromatic carbocycles. The van der Waals surface area contributed by atoms with Crippen LogP contribution in [0.15, 0.2) is 12.3 Å². The first-order valence-electron chi connectivity index (χ1n) is 3.38. The van der Waals surface area contributed by atoms with Gasteiger partial charge in [-0.2, -0.15) is 0 Å². The van der Waals surface area contributed by atoms with Gasteiger partial charge in [-0.05, 0) is 13.3 Å². The Balaban J connectivity index is 3.60. The van der Waals surface area contributed by atoms with Crippen molar-refractivity contribution in [1.82, 2.24) is 0 Å². The Kier molecular flexibility index (Phi) is 5.20. The van der Waals surface area contributed by atoms with Crippen molar-refractivity contribution < 1.29 is 19.7 Å². The molecule has 1 atom stereocenters. The first kappa shape index (κ1) is 9.97. The van der Waals surface area contributed by atoms with Crippen molar-refractivity contribution in [3.05, 3.63) is 12.3 Å². The lowest BCUT2D eigenvalue weighted by Gasteiger charge is -2.07. The average Bonchev–Trinajstić information content (AvgIpc) is 2.00. The minimum Gasteiger partial charge on any atom is -0.459 e. The maximum atomic E-state index is 10.7. The van der Waals surface area contributed by atoms with E-state index in [1.165, 1.54) is 0 Å². The van der Waals surface area contributed by atoms with Crippen LogP contribution in [0.5, 0.6) is 0 Å². The van der Waals surface area contributed by atoms with Gasteiger partial charge in [0.2, 0.25) is 0 Å². The van der Waals surface area contributed by atoms with Crippen LogP contribution in [0.4, 0.5) is 0 Å². The van der Waals surface area contributed by atoms with Gasteiger partial charge in [0.25, 0.3) is 0 Å². The summed E-state index contributed by atoms with van der Waals surface area (Å²) in [5.41, 5.74) is 0. The summed E-state index contributed by atoms with van der Waals surface area (Å²) in [4.78, 5) is 14.2. The molecule has 11 heavy (non-hydrogen) atoms. The zero-order valence-electron chi connectivity index (χ0n) is 6.61. The highest BCUT2D eigenvalue weighted by Crippen LogP contribution is 1.96. The van der Waals surface area contributed by atoms with Gasteiger partial charge in [0.1, 0.15) is 6.26 Å². The van der Waals surface area contributed by atoms with Gasteiger partial charge in [0, 0.05) is 0 Å². The van der Waals surface area contributed by atoms with Crippen LogP contribution >= 0.6 is 0 Å². The van der Waals surface area contributed by atoms with Crippen LogP contribution in [0.2, 0.25) is 0 Å². The van der Waals surface area contributed by atoms with E-state index in [1.807, 2.05) is 6.92 Å². The molecule has 0 aliphatic heterocycles. The normalized spacial score (nSPS) is 13.0. The molecule has 0 aromatic heterocycles. The van der Waals surface area contributed by atoms with Crippen LogP contribution in [-0.4, -0.2) is 17.3 Å². The number of hydrogen-bond acceptors (Lipinski definition) is 4. The molecule has 0 heterocycles. The number of esters is 1. The van der Waals surface area contributed by atoms with Gasteiger partial charge >= 0.3 is 5.97 Å². The van der Waals surface area contributed by atoms with Crippen LogP contribution in [0.3, 0.4) is 0 Å². The Hall–Kier alpha value is -1.03. The zero-order chi connectivity index (χ0) is 8.69. The third kappa shape index (κ3) is 5.42. The summed E-state index contributed by atoms with van der Waals surface area (Å²) in [7, 11) is 0. The third-order valence-corrected chi connectivity index (χ3v) is 1.16. The molecule has 1 unspecified atom stereocenters. The van der Waals surface area contributed by atoms with E-state index in [-0.39, 0.29) is 6.10 Å². The minimum absolute atomic E-state index is 0.106. The van der Waals surface area contributed by atoms with Crippen LogP contribution in [-0.2, 0) is 14.4 Å². The van der Waals surface area contributed by atoms with E-state index in [2.05, 4.69) is 4.89 Å². The highest BCUT2D eigenvalue weighted by atomic mass is 17.1. The number of rotatable bonds is 4. The highest BCUT2D eigenvalue weighted by molar-refractivity contribution is 5.81. The van der Waals surface area contributed by atoms with E-state index in [1.54, 1.807) is 6.92 Å². The predicted octanol–water partition coefficient (Wildman–Crippen LogP) is 1.33. The van der Waals surface area contributed by atoms with E-state index in [9.17, 15) is 4.79 Å². The lowest BCUT2D eigenvalue weighted by molar-refractivity contribution is -0.187. The monoisotopic (exact) mass is 160 g/mol. The summed E-state index contributed by atoms with van der Waals surface area (Å²) in [6, 6.07) is 0. The molecule has 0 aromatic rings. The molecule has 0 bridgehead atoms. The first-order chi connectivity index (χ1) is 5.20. The number of carbonyl (C=O) groups excluding carboxylic acids is 1. The molecule has 0 aliphatic carbocycles. The van der Waals surface area contributed by atoms with E-state index in [4.69, 9.17) is 9.99 Å². The summed E-state index contributed by atoms with van der Waals surface area (Å²) in [5, 5.41) is 7.81. The molecule has 0 radical (unpaired) electrons. The fourth-order valence-corrected chi connectivity index (χ4v) is 0.407. The third-order valence-electron chi connectivity index (χ3n) is 1.16. The summed E-state index contributed by atoms with van der Waals surface area (Å²) < 4.78 is 4.78. The second-order valence-corrected chi connectivity index (χ2v) is 2.06. The zero-order valence-corrected chi connectivity index (χ0v) is 6.61. The molecular formula is C7H12O4. The van der Waals surface area contributed by atoms with Gasteiger partial charge in [-0.1, -0.05) is 6.92 Å². The molecule has 0 saturated heterocycles. The second-order valence-electron chi connectivity index (χ2n) is 2.06. The summed E-state index contributed by atoms with van der Waals surface area (Å²) in [5.74, 6) is -0.520. The maximum absolute atomic E-state index is 10.7. The topological polar surface area (TPSA) is 55.8 Å². The van der Waals surface area contributed by atoms with Gasteiger partial charge in [-0.25, -0.2) is 10.1 Å². The van der Waals surface area contributed by atoms with Crippen molar-refractivity contribution in [3.63, 3.8) is 0 Å². The summed E-state index contributed by atoms with van der Waals surface area (Å²) in [6.45, 7) is 3.69. The predicted molar refractivity (Wildman–Crippen MR) is 38.7 cm³/mol. The fraction of sp³-hybridized carbons (Fsp3) is 0.571. The van der Waals surface area contributed by atoms with E-state index in [0.29, 0.717) is 0 Å². The largest absolute Gasteiger partial charge is 0.459 e. The van der Waals surface area contributed by atoms with Crippen molar-refractivity contribution >= 4 is 5.97 Å². The van der Waals surface area contributed by atoms with Crippen molar-refractivity contribution in [2.75, 3.05) is 0 Å². The van der Waals surface area contributed by atoms with Crippen molar-refractivity contribution in [2.24, 2.45) is 0 Å². The quantitative estimate of drug-likeness (QED) is 0.221. The van der Waals surface area contributed by atoms with E-state index >= 15 is 0 Å². The molecule has 0 fully saturated rings. The number of ether oxygens (including phenoxy) is 1. The van der Waals surface area contributed by atoms with E-state index in [0.717, 1.165) is 18.8 Å².